The largest absolute Gasteiger partial charge is 0.455 e. The van der Waals surface area contributed by atoms with Gasteiger partial charge >= 0.3 is 0 Å². The Balaban J connectivity index is 1.11. The van der Waals surface area contributed by atoms with Crippen molar-refractivity contribution < 1.29 is 4.42 Å². The Hall–Kier alpha value is -7.16. The van der Waals surface area contributed by atoms with E-state index >= 15 is 0 Å². The Morgan fingerprint density at radius 1 is 0.368 bits per heavy atom. The van der Waals surface area contributed by atoms with Crippen LogP contribution in [0.4, 0.5) is 17.1 Å². The highest BCUT2D eigenvalue weighted by Crippen LogP contribution is 2.51. The molecule has 1 aliphatic rings. The summed E-state index contributed by atoms with van der Waals surface area (Å²) in [7, 11) is 0. The molecule has 0 saturated carbocycles. The predicted octanol–water partition coefficient (Wildman–Crippen LogP) is 15.6. The van der Waals surface area contributed by atoms with Crippen molar-refractivity contribution in [1.82, 2.24) is 0 Å². The average Bonchev–Trinajstić information content (AvgIpc) is 3.73. The van der Waals surface area contributed by atoms with Crippen molar-refractivity contribution in [2.75, 3.05) is 4.90 Å². The number of anilines is 3. The fourth-order valence-corrected chi connectivity index (χ4v) is 9.82. The highest BCUT2D eigenvalue weighted by Gasteiger charge is 2.36. The molecule has 2 heteroatoms. The first kappa shape index (κ1) is 32.1. The third-order valence-electron chi connectivity index (χ3n) is 12.6. The van der Waals surface area contributed by atoms with E-state index in [0.29, 0.717) is 0 Å². The van der Waals surface area contributed by atoms with E-state index in [0.717, 1.165) is 44.6 Å². The summed E-state index contributed by atoms with van der Waals surface area (Å²) in [6.45, 7) is 4.70. The maximum Gasteiger partial charge on any atom is 0.143 e. The molecule has 0 amide bonds. The van der Waals surface area contributed by atoms with Gasteiger partial charge in [0.05, 0.1) is 0 Å². The highest BCUT2D eigenvalue weighted by molar-refractivity contribution is 6.23. The first-order valence-corrected chi connectivity index (χ1v) is 19.8. The van der Waals surface area contributed by atoms with E-state index < -0.39 is 0 Å². The van der Waals surface area contributed by atoms with Crippen LogP contribution in [0, 0.1) is 0 Å². The second-order valence-corrected chi connectivity index (χ2v) is 16.1. The first-order chi connectivity index (χ1) is 28.0. The summed E-state index contributed by atoms with van der Waals surface area (Å²) in [5.74, 6) is 0. The van der Waals surface area contributed by atoms with E-state index in [4.69, 9.17) is 4.42 Å². The Morgan fingerprint density at radius 2 is 0.965 bits per heavy atom. The van der Waals surface area contributed by atoms with Gasteiger partial charge in [-0.05, 0) is 119 Å². The highest BCUT2D eigenvalue weighted by atomic mass is 16.3. The number of rotatable bonds is 4. The van der Waals surface area contributed by atoms with Crippen LogP contribution < -0.4 is 4.90 Å². The molecule has 0 radical (unpaired) electrons. The molecule has 0 N–H and O–H groups in total. The lowest BCUT2D eigenvalue weighted by molar-refractivity contribution is 0.660. The van der Waals surface area contributed by atoms with Crippen molar-refractivity contribution in [1.29, 1.82) is 0 Å². The molecule has 1 aliphatic carbocycles. The van der Waals surface area contributed by atoms with Crippen molar-refractivity contribution in [3.8, 4) is 22.3 Å². The summed E-state index contributed by atoms with van der Waals surface area (Å²) in [5, 5.41) is 12.0. The molecule has 0 aliphatic heterocycles. The molecule has 10 aromatic carbocycles. The Bertz CT molecular complexity index is 3460. The zero-order valence-corrected chi connectivity index (χ0v) is 31.8. The molecule has 0 saturated heterocycles. The minimum Gasteiger partial charge on any atom is -0.455 e. The lowest BCUT2D eigenvalue weighted by Gasteiger charge is -2.28. The Labute approximate surface area is 330 Å². The van der Waals surface area contributed by atoms with Crippen LogP contribution in [0.25, 0.3) is 87.3 Å². The fourth-order valence-electron chi connectivity index (χ4n) is 9.82. The number of hydrogen-bond acceptors (Lipinski definition) is 2. The van der Waals surface area contributed by atoms with Gasteiger partial charge in [-0.2, -0.15) is 0 Å². The number of nitrogens with zero attached hydrogens (tertiary/aromatic N) is 1. The van der Waals surface area contributed by atoms with E-state index in [2.05, 4.69) is 207 Å². The van der Waals surface area contributed by atoms with Gasteiger partial charge in [0.2, 0.25) is 0 Å². The summed E-state index contributed by atoms with van der Waals surface area (Å²) in [4.78, 5) is 2.40. The molecule has 0 unspecified atom stereocenters. The van der Waals surface area contributed by atoms with Gasteiger partial charge < -0.3 is 9.32 Å². The summed E-state index contributed by atoms with van der Waals surface area (Å²) in [6.07, 6.45) is 0. The van der Waals surface area contributed by atoms with Gasteiger partial charge in [0.25, 0.3) is 0 Å². The number of fused-ring (bicyclic) bond motifs is 11. The van der Waals surface area contributed by atoms with Gasteiger partial charge in [-0.3, -0.25) is 0 Å². The Morgan fingerprint density at radius 3 is 1.81 bits per heavy atom. The lowest BCUT2D eigenvalue weighted by Crippen LogP contribution is -2.16. The van der Waals surface area contributed by atoms with Crippen LogP contribution >= 0.6 is 0 Å². The first-order valence-electron chi connectivity index (χ1n) is 19.8. The zero-order valence-electron chi connectivity index (χ0n) is 31.8. The molecule has 2 nitrogen and oxygen atoms in total. The maximum absolute atomic E-state index is 7.16. The van der Waals surface area contributed by atoms with E-state index in [1.54, 1.807) is 0 Å². The van der Waals surface area contributed by atoms with Crippen LogP contribution in [-0.2, 0) is 5.41 Å². The van der Waals surface area contributed by atoms with Crippen LogP contribution in [0.1, 0.15) is 25.0 Å². The summed E-state index contributed by atoms with van der Waals surface area (Å²) < 4.78 is 7.16. The molecule has 0 fully saturated rings. The molecule has 1 aromatic heterocycles. The summed E-state index contributed by atoms with van der Waals surface area (Å²) >= 11 is 0. The second kappa shape index (κ2) is 11.9. The molecule has 11 aromatic rings. The smallest absolute Gasteiger partial charge is 0.143 e. The standard InChI is InChI=1S/C55H37NO/c1-55(2)50-22-12-11-21-45(50)46-27-25-39(32-51(46)55)56(38-24-23-34-13-3-4-14-35(34)29-38)40-26-28-47-49-31-37-16-6-8-18-42(37)53(54(49)57-52(47)33-40)48-30-36-15-5-7-17-41(36)43-19-9-10-20-44(43)48/h3-33H,1-2H3. The quantitative estimate of drug-likeness (QED) is 0.168. The third-order valence-corrected chi connectivity index (χ3v) is 12.6. The van der Waals surface area contributed by atoms with E-state index in [1.165, 1.54) is 70.9 Å². The molecule has 0 atom stereocenters. The van der Waals surface area contributed by atoms with Crippen LogP contribution in [0.3, 0.4) is 0 Å². The average molecular weight is 728 g/mol. The topological polar surface area (TPSA) is 16.4 Å². The molecule has 0 spiro atoms. The van der Waals surface area contributed by atoms with Gasteiger partial charge in [0, 0.05) is 44.9 Å². The van der Waals surface area contributed by atoms with Gasteiger partial charge in [-0.15, -0.1) is 0 Å². The maximum atomic E-state index is 7.16. The summed E-state index contributed by atoms with van der Waals surface area (Å²) in [5.41, 5.74) is 12.6. The normalized spacial score (nSPS) is 13.2. The third kappa shape index (κ3) is 4.71. The van der Waals surface area contributed by atoms with Gasteiger partial charge in [0.1, 0.15) is 11.2 Å². The molecular formula is C55H37NO. The van der Waals surface area contributed by atoms with Crippen LogP contribution in [-0.4, -0.2) is 0 Å². The van der Waals surface area contributed by atoms with E-state index in [9.17, 15) is 0 Å². The fraction of sp³-hybridized carbons (Fsp3) is 0.0545. The van der Waals surface area contributed by atoms with Gasteiger partial charge in [0.15, 0.2) is 0 Å². The van der Waals surface area contributed by atoms with E-state index in [1.807, 2.05) is 0 Å². The SMILES string of the molecule is CC1(C)c2ccccc2-c2ccc(N(c3ccc4ccccc4c3)c3ccc4c(c3)oc3c(-c5cc6ccccc6c6ccccc56)c5ccccc5cc34)cc21. The molecule has 12 rings (SSSR count). The van der Waals surface area contributed by atoms with E-state index in [-0.39, 0.29) is 5.41 Å². The Kier molecular flexibility index (Phi) is 6.72. The van der Waals surface area contributed by atoms with Crippen molar-refractivity contribution in [2.24, 2.45) is 0 Å². The molecule has 1 heterocycles. The lowest BCUT2D eigenvalue weighted by atomic mass is 9.82. The zero-order chi connectivity index (χ0) is 37.8. The monoisotopic (exact) mass is 727 g/mol. The van der Waals surface area contributed by atoms with Crippen LogP contribution in [0.5, 0.6) is 0 Å². The minimum absolute atomic E-state index is 0.120. The number of hydrogen-bond donors (Lipinski definition) is 0. The van der Waals surface area contributed by atoms with Crippen molar-refractivity contribution in [3.63, 3.8) is 0 Å². The summed E-state index contributed by atoms with van der Waals surface area (Å²) in [6, 6.07) is 68.9. The predicted molar refractivity (Wildman–Crippen MR) is 241 cm³/mol. The molecule has 268 valence electrons. The van der Waals surface area contributed by atoms with Crippen LogP contribution in [0.15, 0.2) is 192 Å². The van der Waals surface area contributed by atoms with Gasteiger partial charge in [-0.1, -0.05) is 147 Å². The van der Waals surface area contributed by atoms with Gasteiger partial charge in [-0.25, -0.2) is 0 Å². The molecular weight excluding hydrogens is 691 g/mol. The number of furan rings is 1. The van der Waals surface area contributed by atoms with Crippen molar-refractivity contribution >= 4 is 82.1 Å². The molecule has 57 heavy (non-hydrogen) atoms. The van der Waals surface area contributed by atoms with Crippen molar-refractivity contribution in [3.05, 3.63) is 199 Å². The number of benzene rings is 10. The minimum atomic E-state index is -0.120. The second-order valence-electron chi connectivity index (χ2n) is 16.1. The van der Waals surface area contributed by atoms with Crippen molar-refractivity contribution in [2.45, 2.75) is 19.3 Å². The molecule has 0 bridgehead atoms. The van der Waals surface area contributed by atoms with Crippen LogP contribution in [0.2, 0.25) is 0 Å².